The summed E-state index contributed by atoms with van der Waals surface area (Å²) in [5.41, 5.74) is -0.350. The quantitative estimate of drug-likeness (QED) is 0.866. The summed E-state index contributed by atoms with van der Waals surface area (Å²) >= 11 is 11.8. The molecule has 1 aromatic rings. The van der Waals surface area contributed by atoms with Crippen LogP contribution < -0.4 is 5.32 Å². The number of anilines is 1. The summed E-state index contributed by atoms with van der Waals surface area (Å²) < 4.78 is 0. The lowest BCUT2D eigenvalue weighted by molar-refractivity contribution is -0.141. The zero-order valence-electron chi connectivity index (χ0n) is 11.5. The fraction of sp³-hybridized carbons (Fsp3) is 0.467. The predicted octanol–water partition coefficient (Wildman–Crippen LogP) is 3.33. The summed E-state index contributed by atoms with van der Waals surface area (Å²) in [7, 11) is 0. The third-order valence-corrected chi connectivity index (χ3v) is 4.54. The van der Waals surface area contributed by atoms with Gasteiger partial charge in [0.1, 0.15) is 5.41 Å². The molecule has 2 aliphatic rings. The number of benzene rings is 1. The van der Waals surface area contributed by atoms with Crippen LogP contribution in [0.3, 0.4) is 0 Å². The van der Waals surface area contributed by atoms with E-state index >= 15 is 0 Å². The summed E-state index contributed by atoms with van der Waals surface area (Å²) in [4.78, 5) is 26.8. The van der Waals surface area contributed by atoms with Crippen LogP contribution in [0.1, 0.15) is 25.7 Å². The maximum absolute atomic E-state index is 12.5. The van der Waals surface area contributed by atoms with E-state index in [1.165, 1.54) is 0 Å². The Morgan fingerprint density at radius 2 is 1.62 bits per heavy atom. The molecule has 6 heteroatoms. The zero-order valence-corrected chi connectivity index (χ0v) is 13.0. The molecule has 1 aliphatic heterocycles. The monoisotopic (exact) mass is 326 g/mol. The van der Waals surface area contributed by atoms with E-state index < -0.39 is 5.41 Å². The molecule has 1 saturated carbocycles. The molecule has 1 saturated heterocycles. The maximum Gasteiger partial charge on any atom is 0.240 e. The van der Waals surface area contributed by atoms with Gasteiger partial charge in [0.2, 0.25) is 11.8 Å². The molecular formula is C15H16Cl2N2O2. The summed E-state index contributed by atoms with van der Waals surface area (Å²) in [6.45, 7) is 1.52. The van der Waals surface area contributed by atoms with Crippen molar-refractivity contribution in [1.82, 2.24) is 4.90 Å². The second-order valence-electron chi connectivity index (χ2n) is 5.69. The molecule has 0 radical (unpaired) electrons. The Balaban J connectivity index is 1.73. The molecule has 2 fully saturated rings. The van der Waals surface area contributed by atoms with E-state index in [1.54, 1.807) is 23.1 Å². The molecule has 0 spiro atoms. The van der Waals surface area contributed by atoms with Crippen LogP contribution in [0.25, 0.3) is 0 Å². The Bertz CT molecular complexity index is 573. The lowest BCUT2D eigenvalue weighted by Crippen LogP contribution is -2.41. The normalized spacial score (nSPS) is 19.4. The van der Waals surface area contributed by atoms with Gasteiger partial charge in [-0.25, -0.2) is 0 Å². The molecule has 1 N–H and O–H groups in total. The number of amides is 2. The summed E-state index contributed by atoms with van der Waals surface area (Å²) in [6.07, 6.45) is 3.27. The molecule has 0 unspecified atom stereocenters. The number of halogens is 2. The molecule has 1 aromatic carbocycles. The smallest absolute Gasteiger partial charge is 0.240 e. The number of carbonyl (C=O) groups excluding carboxylic acids is 2. The predicted molar refractivity (Wildman–Crippen MR) is 82.6 cm³/mol. The average molecular weight is 327 g/mol. The van der Waals surface area contributed by atoms with Crippen molar-refractivity contribution in [3.8, 4) is 0 Å². The Hall–Kier alpha value is -1.26. The zero-order chi connectivity index (χ0) is 15.0. The third-order valence-electron chi connectivity index (χ3n) is 4.11. The minimum atomic E-state index is -0.876. The Morgan fingerprint density at radius 1 is 1.05 bits per heavy atom. The van der Waals surface area contributed by atoms with E-state index in [0.29, 0.717) is 28.6 Å². The van der Waals surface area contributed by atoms with Gasteiger partial charge in [-0.05, 0) is 43.9 Å². The second kappa shape index (κ2) is 5.50. The Kier molecular flexibility index (Phi) is 3.84. The molecule has 0 bridgehead atoms. The Labute approximate surface area is 133 Å². The second-order valence-corrected chi connectivity index (χ2v) is 6.57. The molecule has 3 rings (SSSR count). The van der Waals surface area contributed by atoms with Crippen molar-refractivity contribution < 1.29 is 9.59 Å². The summed E-state index contributed by atoms with van der Waals surface area (Å²) in [5, 5.41) is 3.68. The fourth-order valence-corrected chi connectivity index (χ4v) is 3.29. The van der Waals surface area contributed by atoms with Crippen LogP contribution in [0, 0.1) is 5.41 Å². The lowest BCUT2D eigenvalue weighted by Gasteiger charge is -2.22. The van der Waals surface area contributed by atoms with E-state index in [1.807, 2.05) is 0 Å². The number of nitrogens with one attached hydrogen (secondary N) is 1. The van der Waals surface area contributed by atoms with E-state index in [2.05, 4.69) is 5.32 Å². The van der Waals surface area contributed by atoms with Gasteiger partial charge < -0.3 is 10.2 Å². The highest BCUT2D eigenvalue weighted by Crippen LogP contribution is 2.48. The first-order valence-corrected chi connectivity index (χ1v) is 7.84. The van der Waals surface area contributed by atoms with Crippen LogP contribution in [0.2, 0.25) is 10.0 Å². The largest absolute Gasteiger partial charge is 0.342 e. The van der Waals surface area contributed by atoms with Crippen molar-refractivity contribution in [1.29, 1.82) is 0 Å². The average Bonchev–Trinajstić information content (AvgIpc) is 3.04. The van der Waals surface area contributed by atoms with E-state index in [0.717, 1.165) is 25.9 Å². The first-order chi connectivity index (χ1) is 10.0. The van der Waals surface area contributed by atoms with Gasteiger partial charge in [0.15, 0.2) is 0 Å². The summed E-state index contributed by atoms with van der Waals surface area (Å²) in [5.74, 6) is -0.289. The number of rotatable bonds is 3. The summed E-state index contributed by atoms with van der Waals surface area (Å²) in [6, 6.07) is 4.85. The topological polar surface area (TPSA) is 49.4 Å². The molecular weight excluding hydrogens is 311 g/mol. The first-order valence-electron chi connectivity index (χ1n) is 7.08. The van der Waals surface area contributed by atoms with Gasteiger partial charge in [-0.15, -0.1) is 0 Å². The fourth-order valence-electron chi connectivity index (χ4n) is 2.76. The molecule has 1 aliphatic carbocycles. The highest BCUT2D eigenvalue weighted by molar-refractivity contribution is 6.35. The van der Waals surface area contributed by atoms with E-state index in [4.69, 9.17) is 23.2 Å². The standard InChI is InChI=1S/C15H16Cl2N2O2/c16-10-7-11(17)9-12(8-10)18-13(20)15(3-4-15)14(21)19-5-1-2-6-19/h7-9H,1-6H2,(H,18,20). The van der Waals surface area contributed by atoms with Crippen LogP contribution in [0.15, 0.2) is 18.2 Å². The van der Waals surface area contributed by atoms with Gasteiger partial charge in [-0.1, -0.05) is 23.2 Å². The lowest BCUT2D eigenvalue weighted by atomic mass is 10.0. The number of likely N-dealkylation sites (tertiary alicyclic amines) is 1. The van der Waals surface area contributed by atoms with Crippen LogP contribution in [-0.4, -0.2) is 29.8 Å². The van der Waals surface area contributed by atoms with Crippen molar-refractivity contribution in [2.24, 2.45) is 5.41 Å². The van der Waals surface area contributed by atoms with Gasteiger partial charge in [-0.2, -0.15) is 0 Å². The SMILES string of the molecule is O=C(Nc1cc(Cl)cc(Cl)c1)C1(C(=O)N2CCCC2)CC1. The minimum Gasteiger partial charge on any atom is -0.342 e. The molecule has 2 amide bonds. The molecule has 0 aromatic heterocycles. The van der Waals surface area contributed by atoms with Crippen molar-refractivity contribution in [2.45, 2.75) is 25.7 Å². The van der Waals surface area contributed by atoms with Gasteiger partial charge in [0.05, 0.1) is 0 Å². The number of hydrogen-bond acceptors (Lipinski definition) is 2. The molecule has 1 heterocycles. The Morgan fingerprint density at radius 3 is 2.14 bits per heavy atom. The number of carbonyl (C=O) groups is 2. The van der Waals surface area contributed by atoms with Crippen LogP contribution >= 0.6 is 23.2 Å². The van der Waals surface area contributed by atoms with Crippen molar-refractivity contribution in [3.05, 3.63) is 28.2 Å². The minimum absolute atomic E-state index is 0.0365. The molecule has 21 heavy (non-hydrogen) atoms. The molecule has 112 valence electrons. The van der Waals surface area contributed by atoms with Crippen LogP contribution in [0.5, 0.6) is 0 Å². The van der Waals surface area contributed by atoms with Crippen molar-refractivity contribution >= 4 is 40.7 Å². The van der Waals surface area contributed by atoms with Gasteiger partial charge in [0.25, 0.3) is 0 Å². The molecule has 0 atom stereocenters. The molecule has 4 nitrogen and oxygen atoms in total. The van der Waals surface area contributed by atoms with Crippen molar-refractivity contribution in [2.75, 3.05) is 18.4 Å². The number of hydrogen-bond donors (Lipinski definition) is 1. The van der Waals surface area contributed by atoms with Crippen LogP contribution in [0.4, 0.5) is 5.69 Å². The number of nitrogens with zero attached hydrogens (tertiary/aromatic N) is 1. The van der Waals surface area contributed by atoms with Gasteiger partial charge >= 0.3 is 0 Å². The van der Waals surface area contributed by atoms with Gasteiger partial charge in [-0.3, -0.25) is 9.59 Å². The highest BCUT2D eigenvalue weighted by Gasteiger charge is 2.58. The maximum atomic E-state index is 12.5. The van der Waals surface area contributed by atoms with Gasteiger partial charge in [0, 0.05) is 28.8 Å². The first kappa shape index (κ1) is 14.7. The highest BCUT2D eigenvalue weighted by atomic mass is 35.5. The van der Waals surface area contributed by atoms with Crippen LogP contribution in [-0.2, 0) is 9.59 Å². The van der Waals surface area contributed by atoms with Crippen molar-refractivity contribution in [3.63, 3.8) is 0 Å². The van der Waals surface area contributed by atoms with E-state index in [-0.39, 0.29) is 11.8 Å². The van der Waals surface area contributed by atoms with E-state index in [9.17, 15) is 9.59 Å². The third kappa shape index (κ3) is 2.87.